The van der Waals surface area contributed by atoms with Crippen LogP contribution in [0.15, 0.2) is 42.5 Å². The first-order valence-electron chi connectivity index (χ1n) is 9.92. The second-order valence-electron chi connectivity index (χ2n) is 6.91. The standard InChI is InChI=1S/C23H29NO3/c1-3-5-14-26-17-21-15-19(10-11-22(21)27-4-2)23(25)24-13-12-18-8-6-7-9-20(18)16-24/h6-11,15H,3-5,12-14,16-17H2,1-2H3. The van der Waals surface area contributed by atoms with E-state index in [1.165, 1.54) is 11.1 Å². The van der Waals surface area contributed by atoms with Crippen LogP contribution >= 0.6 is 0 Å². The molecule has 1 aliphatic heterocycles. The Kier molecular flexibility index (Phi) is 6.88. The van der Waals surface area contributed by atoms with Gasteiger partial charge in [-0.2, -0.15) is 0 Å². The predicted molar refractivity (Wildman–Crippen MR) is 107 cm³/mol. The normalized spacial score (nSPS) is 13.3. The minimum absolute atomic E-state index is 0.0716. The number of hydrogen-bond acceptors (Lipinski definition) is 3. The van der Waals surface area contributed by atoms with Crippen LogP contribution in [0.1, 0.15) is 53.7 Å². The van der Waals surface area contributed by atoms with Gasteiger partial charge < -0.3 is 14.4 Å². The summed E-state index contributed by atoms with van der Waals surface area (Å²) in [5.74, 6) is 0.872. The highest BCUT2D eigenvalue weighted by molar-refractivity contribution is 5.94. The lowest BCUT2D eigenvalue weighted by Gasteiger charge is -2.29. The number of fused-ring (bicyclic) bond motifs is 1. The Bertz CT molecular complexity index is 772. The number of benzene rings is 2. The van der Waals surface area contributed by atoms with Crippen LogP contribution in [0.5, 0.6) is 5.75 Å². The number of unbranched alkanes of at least 4 members (excludes halogenated alkanes) is 1. The van der Waals surface area contributed by atoms with E-state index in [1.807, 2.05) is 36.1 Å². The largest absolute Gasteiger partial charge is 0.494 e. The van der Waals surface area contributed by atoms with Crippen molar-refractivity contribution in [2.75, 3.05) is 19.8 Å². The van der Waals surface area contributed by atoms with E-state index < -0.39 is 0 Å². The average molecular weight is 367 g/mol. The first kappa shape index (κ1) is 19.4. The number of amides is 1. The molecule has 0 atom stereocenters. The Hall–Kier alpha value is -2.33. The monoisotopic (exact) mass is 367 g/mol. The summed E-state index contributed by atoms with van der Waals surface area (Å²) in [6, 6.07) is 14.1. The van der Waals surface area contributed by atoms with Gasteiger partial charge in [0.25, 0.3) is 5.91 Å². The Morgan fingerprint density at radius 2 is 1.93 bits per heavy atom. The molecule has 0 aromatic heterocycles. The average Bonchev–Trinajstić information content (AvgIpc) is 2.71. The van der Waals surface area contributed by atoms with Gasteiger partial charge in [0.1, 0.15) is 5.75 Å². The lowest BCUT2D eigenvalue weighted by Crippen LogP contribution is -2.36. The van der Waals surface area contributed by atoms with E-state index >= 15 is 0 Å². The SMILES string of the molecule is CCCCOCc1cc(C(=O)N2CCc3ccccc3C2)ccc1OCC. The topological polar surface area (TPSA) is 38.8 Å². The van der Waals surface area contributed by atoms with Crippen LogP contribution in [-0.4, -0.2) is 30.6 Å². The number of carbonyl (C=O) groups is 1. The van der Waals surface area contributed by atoms with Crippen molar-refractivity contribution in [1.29, 1.82) is 0 Å². The van der Waals surface area contributed by atoms with Gasteiger partial charge in [-0.3, -0.25) is 4.79 Å². The molecule has 0 spiro atoms. The van der Waals surface area contributed by atoms with Crippen LogP contribution in [0.4, 0.5) is 0 Å². The number of carbonyl (C=O) groups excluding carboxylic acids is 1. The quantitative estimate of drug-likeness (QED) is 0.640. The van der Waals surface area contributed by atoms with Gasteiger partial charge in [-0.25, -0.2) is 0 Å². The molecule has 0 saturated carbocycles. The van der Waals surface area contributed by atoms with Crippen LogP contribution in [-0.2, 0) is 24.3 Å². The molecule has 27 heavy (non-hydrogen) atoms. The lowest BCUT2D eigenvalue weighted by atomic mass is 9.99. The third-order valence-corrected chi connectivity index (χ3v) is 4.92. The Morgan fingerprint density at radius 3 is 2.70 bits per heavy atom. The smallest absolute Gasteiger partial charge is 0.254 e. The summed E-state index contributed by atoms with van der Waals surface area (Å²) in [6.45, 7) is 7.33. The Balaban J connectivity index is 1.74. The van der Waals surface area contributed by atoms with Gasteiger partial charge in [-0.1, -0.05) is 37.6 Å². The fourth-order valence-electron chi connectivity index (χ4n) is 3.40. The molecule has 4 nitrogen and oxygen atoms in total. The van der Waals surface area contributed by atoms with E-state index in [2.05, 4.69) is 25.1 Å². The van der Waals surface area contributed by atoms with Crippen LogP contribution < -0.4 is 4.74 Å². The third kappa shape index (κ3) is 4.89. The Labute approximate surface area is 162 Å². The van der Waals surface area contributed by atoms with Gasteiger partial charge in [-0.15, -0.1) is 0 Å². The molecule has 0 bridgehead atoms. The minimum Gasteiger partial charge on any atom is -0.494 e. The first-order valence-corrected chi connectivity index (χ1v) is 9.92. The molecule has 0 unspecified atom stereocenters. The van der Waals surface area contributed by atoms with Crippen molar-refractivity contribution in [3.63, 3.8) is 0 Å². The van der Waals surface area contributed by atoms with Gasteiger partial charge in [0.05, 0.1) is 13.2 Å². The van der Waals surface area contributed by atoms with E-state index in [9.17, 15) is 4.79 Å². The molecule has 0 N–H and O–H groups in total. The molecule has 0 saturated heterocycles. The van der Waals surface area contributed by atoms with Crippen LogP contribution in [0.25, 0.3) is 0 Å². The summed E-state index contributed by atoms with van der Waals surface area (Å²) >= 11 is 0. The van der Waals surface area contributed by atoms with E-state index in [0.717, 1.165) is 43.7 Å². The molecule has 144 valence electrons. The van der Waals surface area contributed by atoms with Crippen LogP contribution in [0.2, 0.25) is 0 Å². The number of nitrogens with zero attached hydrogens (tertiary/aromatic N) is 1. The maximum absolute atomic E-state index is 13.1. The fraction of sp³-hybridized carbons (Fsp3) is 0.435. The summed E-state index contributed by atoms with van der Waals surface area (Å²) in [5, 5.41) is 0. The van der Waals surface area contributed by atoms with Crippen molar-refractivity contribution in [3.8, 4) is 5.75 Å². The summed E-state index contributed by atoms with van der Waals surface area (Å²) < 4.78 is 11.5. The molecule has 1 amide bonds. The molecular formula is C23H29NO3. The predicted octanol–water partition coefficient (Wildman–Crippen LogP) is 4.60. The van der Waals surface area contributed by atoms with Crippen molar-refractivity contribution >= 4 is 5.91 Å². The van der Waals surface area contributed by atoms with Gasteiger partial charge in [0.2, 0.25) is 0 Å². The molecule has 1 heterocycles. The number of hydrogen-bond donors (Lipinski definition) is 0. The van der Waals surface area contributed by atoms with Crippen molar-refractivity contribution in [3.05, 3.63) is 64.7 Å². The van der Waals surface area contributed by atoms with Gasteiger partial charge in [0.15, 0.2) is 0 Å². The summed E-state index contributed by atoms with van der Waals surface area (Å²) in [5.41, 5.74) is 4.23. The number of ether oxygens (including phenoxy) is 2. The molecule has 0 radical (unpaired) electrons. The molecule has 2 aromatic rings. The summed E-state index contributed by atoms with van der Waals surface area (Å²) in [4.78, 5) is 15.0. The van der Waals surface area contributed by atoms with Gasteiger partial charge in [0, 0.05) is 30.8 Å². The second-order valence-corrected chi connectivity index (χ2v) is 6.91. The van der Waals surface area contributed by atoms with Crippen molar-refractivity contribution in [2.24, 2.45) is 0 Å². The molecule has 1 aliphatic rings. The molecule has 2 aromatic carbocycles. The minimum atomic E-state index is 0.0716. The van der Waals surface area contributed by atoms with Gasteiger partial charge in [-0.05, 0) is 49.1 Å². The molecular weight excluding hydrogens is 338 g/mol. The molecule has 0 fully saturated rings. The summed E-state index contributed by atoms with van der Waals surface area (Å²) in [7, 11) is 0. The highest BCUT2D eigenvalue weighted by Gasteiger charge is 2.22. The molecule has 0 aliphatic carbocycles. The lowest BCUT2D eigenvalue weighted by molar-refractivity contribution is 0.0734. The Morgan fingerprint density at radius 1 is 1.11 bits per heavy atom. The summed E-state index contributed by atoms with van der Waals surface area (Å²) in [6.07, 6.45) is 3.05. The highest BCUT2D eigenvalue weighted by atomic mass is 16.5. The van der Waals surface area contributed by atoms with E-state index in [0.29, 0.717) is 25.3 Å². The molecule has 3 rings (SSSR count). The van der Waals surface area contributed by atoms with Gasteiger partial charge >= 0.3 is 0 Å². The number of rotatable bonds is 8. The maximum atomic E-state index is 13.1. The highest BCUT2D eigenvalue weighted by Crippen LogP contribution is 2.25. The van der Waals surface area contributed by atoms with Crippen molar-refractivity contribution in [1.82, 2.24) is 4.90 Å². The second kappa shape index (κ2) is 9.56. The fourth-order valence-corrected chi connectivity index (χ4v) is 3.40. The zero-order chi connectivity index (χ0) is 19.1. The first-order chi connectivity index (χ1) is 13.2. The van der Waals surface area contributed by atoms with Crippen molar-refractivity contribution < 1.29 is 14.3 Å². The van der Waals surface area contributed by atoms with E-state index in [4.69, 9.17) is 9.47 Å². The van der Waals surface area contributed by atoms with Crippen LogP contribution in [0.3, 0.4) is 0 Å². The molecule has 4 heteroatoms. The maximum Gasteiger partial charge on any atom is 0.254 e. The zero-order valence-corrected chi connectivity index (χ0v) is 16.4. The van der Waals surface area contributed by atoms with E-state index in [-0.39, 0.29) is 5.91 Å². The zero-order valence-electron chi connectivity index (χ0n) is 16.4. The van der Waals surface area contributed by atoms with Crippen molar-refractivity contribution in [2.45, 2.75) is 46.3 Å². The van der Waals surface area contributed by atoms with E-state index in [1.54, 1.807) is 0 Å². The third-order valence-electron chi connectivity index (χ3n) is 4.92. The van der Waals surface area contributed by atoms with Crippen LogP contribution in [0, 0.1) is 0 Å².